The summed E-state index contributed by atoms with van der Waals surface area (Å²) in [6.45, 7) is 2.14. The molecule has 0 amide bonds. The van der Waals surface area contributed by atoms with Gasteiger partial charge in [0, 0.05) is 44.0 Å². The van der Waals surface area contributed by atoms with Gasteiger partial charge in [-0.1, -0.05) is 139 Å². The van der Waals surface area contributed by atoms with Crippen molar-refractivity contribution in [2.75, 3.05) is 0 Å². The monoisotopic (exact) mass is 727 g/mol. The van der Waals surface area contributed by atoms with Crippen molar-refractivity contribution in [1.29, 1.82) is 0 Å². The number of nitrogens with zero attached hydrogens (tertiary/aromatic N) is 3. The number of pyridine rings is 1. The Balaban J connectivity index is 1.00. The van der Waals surface area contributed by atoms with Crippen LogP contribution >= 0.6 is 0 Å². The molecule has 11 aromatic rings. The summed E-state index contributed by atoms with van der Waals surface area (Å²) in [6, 6.07) is 74.4. The van der Waals surface area contributed by atoms with Gasteiger partial charge in [-0.25, -0.2) is 4.98 Å². The van der Waals surface area contributed by atoms with E-state index in [9.17, 15) is 0 Å². The zero-order chi connectivity index (χ0) is 37.9. The maximum absolute atomic E-state index is 5.18. The molecule has 3 nitrogen and oxygen atoms in total. The molecule has 0 radical (unpaired) electrons. The molecule has 0 aliphatic carbocycles. The van der Waals surface area contributed by atoms with Gasteiger partial charge < -0.3 is 9.13 Å². The SMILES string of the molecule is Cc1ccc(-n2c3ccccc3c3cc(-c4ccc5c(c4)c4ccccc4n5-c4ccc(-c5cc(-c6ccccc6)cc(-c6ccccc6)n5)cc4)ccc32)cc1. The van der Waals surface area contributed by atoms with Crippen LogP contribution in [-0.4, -0.2) is 14.1 Å². The second kappa shape index (κ2) is 13.4. The predicted molar refractivity (Wildman–Crippen MR) is 239 cm³/mol. The number of rotatable bonds is 6. The number of fused-ring (bicyclic) bond motifs is 6. The van der Waals surface area contributed by atoms with Crippen molar-refractivity contribution in [2.45, 2.75) is 6.92 Å². The highest BCUT2D eigenvalue weighted by molar-refractivity contribution is 6.12. The topological polar surface area (TPSA) is 22.8 Å². The van der Waals surface area contributed by atoms with Crippen LogP contribution in [-0.2, 0) is 0 Å². The van der Waals surface area contributed by atoms with Crippen LogP contribution in [0.4, 0.5) is 0 Å². The summed E-state index contributed by atoms with van der Waals surface area (Å²) in [5, 5.41) is 4.99. The van der Waals surface area contributed by atoms with Gasteiger partial charge in [-0.05, 0) is 102 Å². The Labute approximate surface area is 331 Å². The Morgan fingerprint density at radius 1 is 0.298 bits per heavy atom. The normalized spacial score (nSPS) is 11.6. The van der Waals surface area contributed by atoms with E-state index in [1.165, 1.54) is 71.6 Å². The fourth-order valence-corrected chi connectivity index (χ4v) is 8.57. The summed E-state index contributed by atoms with van der Waals surface area (Å²) in [5.74, 6) is 0. The lowest BCUT2D eigenvalue weighted by Gasteiger charge is -2.12. The molecule has 57 heavy (non-hydrogen) atoms. The van der Waals surface area contributed by atoms with Crippen LogP contribution in [0, 0.1) is 6.92 Å². The first-order chi connectivity index (χ1) is 28.2. The van der Waals surface area contributed by atoms with Gasteiger partial charge in [0.2, 0.25) is 0 Å². The second-order valence-corrected chi connectivity index (χ2v) is 14.9. The van der Waals surface area contributed by atoms with Crippen molar-refractivity contribution < 1.29 is 0 Å². The summed E-state index contributed by atoms with van der Waals surface area (Å²) in [4.78, 5) is 5.18. The van der Waals surface area contributed by atoms with E-state index in [0.717, 1.165) is 33.8 Å². The molecule has 11 rings (SSSR count). The maximum Gasteiger partial charge on any atom is 0.0715 e. The molecule has 0 spiro atoms. The molecule has 0 saturated heterocycles. The average Bonchev–Trinajstić information content (AvgIpc) is 3.79. The quantitative estimate of drug-likeness (QED) is 0.167. The van der Waals surface area contributed by atoms with Crippen LogP contribution in [0.3, 0.4) is 0 Å². The van der Waals surface area contributed by atoms with E-state index < -0.39 is 0 Å². The number of benzene rings is 8. The fraction of sp³-hybridized carbons (Fsp3) is 0.0185. The lowest BCUT2D eigenvalue weighted by atomic mass is 10.00. The molecule has 3 aromatic heterocycles. The molecular formula is C54H37N3. The van der Waals surface area contributed by atoms with Crippen molar-refractivity contribution in [1.82, 2.24) is 14.1 Å². The number of hydrogen-bond donors (Lipinski definition) is 0. The van der Waals surface area contributed by atoms with Crippen molar-refractivity contribution in [3.63, 3.8) is 0 Å². The van der Waals surface area contributed by atoms with E-state index in [1.807, 2.05) is 6.07 Å². The Kier molecular flexibility index (Phi) is 7.71. The van der Waals surface area contributed by atoms with Crippen LogP contribution in [0.2, 0.25) is 0 Å². The molecule has 3 heterocycles. The summed E-state index contributed by atoms with van der Waals surface area (Å²) in [6.07, 6.45) is 0. The standard InChI is InChI=1S/C54H37N3/c1-36-20-26-43(27-21-36)56-51-18-10-8-16-45(51)47-32-40(24-30-53(47)56)41-25-31-54-48(33-41)46-17-9-11-19-52(46)57(54)44-28-22-39(23-29-44)50-35-42(37-12-4-2-5-13-37)34-49(55-50)38-14-6-3-7-15-38/h2-35H,1H3. The molecule has 0 unspecified atom stereocenters. The van der Waals surface area contributed by atoms with Gasteiger partial charge in [0.25, 0.3) is 0 Å². The van der Waals surface area contributed by atoms with E-state index in [-0.39, 0.29) is 0 Å². The average molecular weight is 728 g/mol. The van der Waals surface area contributed by atoms with Gasteiger partial charge >= 0.3 is 0 Å². The number of para-hydroxylation sites is 2. The highest BCUT2D eigenvalue weighted by atomic mass is 15.0. The molecule has 0 aliphatic rings. The van der Waals surface area contributed by atoms with Crippen LogP contribution in [0.15, 0.2) is 206 Å². The van der Waals surface area contributed by atoms with Gasteiger partial charge in [-0.3, -0.25) is 0 Å². The van der Waals surface area contributed by atoms with Crippen LogP contribution in [0.1, 0.15) is 5.56 Å². The van der Waals surface area contributed by atoms with Gasteiger partial charge in [0.1, 0.15) is 0 Å². The van der Waals surface area contributed by atoms with Crippen LogP contribution in [0.5, 0.6) is 0 Å². The molecule has 3 heteroatoms. The lowest BCUT2D eigenvalue weighted by Crippen LogP contribution is -1.95. The first kappa shape index (κ1) is 32.9. The zero-order valence-corrected chi connectivity index (χ0v) is 31.5. The molecule has 0 saturated carbocycles. The van der Waals surface area contributed by atoms with E-state index in [4.69, 9.17) is 4.98 Å². The van der Waals surface area contributed by atoms with E-state index in [1.54, 1.807) is 0 Å². The third kappa shape index (κ3) is 5.63. The Morgan fingerprint density at radius 3 is 1.23 bits per heavy atom. The molecule has 268 valence electrons. The first-order valence-corrected chi connectivity index (χ1v) is 19.5. The number of aryl methyl sites for hydroxylation is 1. The number of hydrogen-bond acceptors (Lipinski definition) is 1. The van der Waals surface area contributed by atoms with Gasteiger partial charge in [0.15, 0.2) is 0 Å². The third-order valence-corrected chi connectivity index (χ3v) is 11.4. The van der Waals surface area contributed by atoms with E-state index in [0.29, 0.717) is 0 Å². The minimum absolute atomic E-state index is 0.951. The second-order valence-electron chi connectivity index (χ2n) is 14.9. The highest BCUT2D eigenvalue weighted by Crippen LogP contribution is 2.39. The third-order valence-electron chi connectivity index (χ3n) is 11.4. The molecule has 0 bridgehead atoms. The molecule has 0 N–H and O–H groups in total. The first-order valence-electron chi connectivity index (χ1n) is 19.5. The summed E-state index contributed by atoms with van der Waals surface area (Å²) < 4.78 is 4.77. The van der Waals surface area contributed by atoms with Crippen molar-refractivity contribution >= 4 is 43.6 Å². The largest absolute Gasteiger partial charge is 0.309 e. The Bertz CT molecular complexity index is 3200. The number of aromatic nitrogens is 3. The van der Waals surface area contributed by atoms with E-state index in [2.05, 4.69) is 216 Å². The zero-order valence-electron chi connectivity index (χ0n) is 31.5. The van der Waals surface area contributed by atoms with Gasteiger partial charge in [-0.2, -0.15) is 0 Å². The Hall–Kier alpha value is -7.49. The summed E-state index contributed by atoms with van der Waals surface area (Å²) in [7, 11) is 0. The van der Waals surface area contributed by atoms with Gasteiger partial charge in [0.05, 0.1) is 33.5 Å². The van der Waals surface area contributed by atoms with Crippen molar-refractivity contribution in [2.24, 2.45) is 0 Å². The highest BCUT2D eigenvalue weighted by Gasteiger charge is 2.17. The Morgan fingerprint density at radius 2 is 0.702 bits per heavy atom. The minimum Gasteiger partial charge on any atom is -0.309 e. The molecular weight excluding hydrogens is 691 g/mol. The molecule has 8 aromatic carbocycles. The van der Waals surface area contributed by atoms with Gasteiger partial charge in [-0.15, -0.1) is 0 Å². The lowest BCUT2D eigenvalue weighted by molar-refractivity contribution is 1.17. The van der Waals surface area contributed by atoms with Crippen molar-refractivity contribution in [3.8, 4) is 56.1 Å². The molecule has 0 atom stereocenters. The van der Waals surface area contributed by atoms with Crippen LogP contribution < -0.4 is 0 Å². The molecule has 0 aliphatic heterocycles. The predicted octanol–water partition coefficient (Wildman–Crippen LogP) is 14.3. The van der Waals surface area contributed by atoms with Crippen LogP contribution in [0.25, 0.3) is 99.8 Å². The fourth-order valence-electron chi connectivity index (χ4n) is 8.57. The maximum atomic E-state index is 5.18. The van der Waals surface area contributed by atoms with E-state index >= 15 is 0 Å². The van der Waals surface area contributed by atoms with Crippen molar-refractivity contribution in [3.05, 3.63) is 212 Å². The summed E-state index contributed by atoms with van der Waals surface area (Å²) >= 11 is 0. The molecule has 0 fully saturated rings. The smallest absolute Gasteiger partial charge is 0.0715 e. The summed E-state index contributed by atoms with van der Waals surface area (Å²) in [5.41, 5.74) is 17.2. The minimum atomic E-state index is 0.951.